The first kappa shape index (κ1) is 15.6. The normalized spacial score (nSPS) is 12.4. The van der Waals surface area contributed by atoms with Gasteiger partial charge in [-0.1, -0.05) is 19.1 Å². The van der Waals surface area contributed by atoms with Crippen LogP contribution in [0.5, 0.6) is 5.75 Å². The maximum Gasteiger partial charge on any atom is 0.119 e. The van der Waals surface area contributed by atoms with E-state index >= 15 is 0 Å². The van der Waals surface area contributed by atoms with E-state index in [4.69, 9.17) is 4.74 Å². The van der Waals surface area contributed by atoms with Crippen molar-refractivity contribution in [1.82, 2.24) is 15.1 Å². The molecule has 1 atom stereocenters. The van der Waals surface area contributed by atoms with E-state index in [0.29, 0.717) is 0 Å². The molecule has 1 N–H and O–H groups in total. The lowest BCUT2D eigenvalue weighted by Crippen LogP contribution is -2.20. The SMILES string of the molecule is CCc1cc(CN[C@H](C)c2cccc(OC)c2)n(CC)n1. The molecule has 1 aromatic carbocycles. The van der Waals surface area contributed by atoms with Gasteiger partial charge in [-0.25, -0.2) is 0 Å². The molecule has 2 rings (SSSR count). The van der Waals surface area contributed by atoms with E-state index < -0.39 is 0 Å². The fourth-order valence-electron chi connectivity index (χ4n) is 2.39. The monoisotopic (exact) mass is 287 g/mol. The van der Waals surface area contributed by atoms with Gasteiger partial charge in [0, 0.05) is 19.1 Å². The summed E-state index contributed by atoms with van der Waals surface area (Å²) in [5.41, 5.74) is 3.62. The number of hydrogen-bond donors (Lipinski definition) is 1. The number of rotatable bonds is 7. The standard InChI is InChI=1S/C17H25N3O/c1-5-15-11-16(20(6-2)19-15)12-18-13(3)14-8-7-9-17(10-14)21-4/h7-11,13,18H,5-6,12H2,1-4H3/t13-/m1/s1. The first-order valence-corrected chi connectivity index (χ1v) is 7.60. The molecule has 0 saturated heterocycles. The number of aromatic nitrogens is 2. The average Bonchev–Trinajstić information content (AvgIpc) is 2.95. The smallest absolute Gasteiger partial charge is 0.119 e. The van der Waals surface area contributed by atoms with Crippen molar-refractivity contribution in [1.29, 1.82) is 0 Å². The van der Waals surface area contributed by atoms with E-state index in [-0.39, 0.29) is 6.04 Å². The molecule has 0 fully saturated rings. The van der Waals surface area contributed by atoms with Gasteiger partial charge in [-0.05, 0) is 44.0 Å². The zero-order chi connectivity index (χ0) is 15.2. The second kappa shape index (κ2) is 7.27. The van der Waals surface area contributed by atoms with Gasteiger partial charge in [-0.3, -0.25) is 4.68 Å². The first-order valence-electron chi connectivity index (χ1n) is 7.60. The molecule has 0 saturated carbocycles. The van der Waals surface area contributed by atoms with Crippen LogP contribution in [0.15, 0.2) is 30.3 Å². The van der Waals surface area contributed by atoms with Crippen LogP contribution in [0.1, 0.15) is 43.8 Å². The molecule has 0 radical (unpaired) electrons. The van der Waals surface area contributed by atoms with Crippen LogP contribution in [0.3, 0.4) is 0 Å². The lowest BCUT2D eigenvalue weighted by molar-refractivity contribution is 0.413. The van der Waals surface area contributed by atoms with Gasteiger partial charge in [0.25, 0.3) is 0 Å². The van der Waals surface area contributed by atoms with E-state index in [9.17, 15) is 0 Å². The van der Waals surface area contributed by atoms with Crippen molar-refractivity contribution < 1.29 is 4.74 Å². The molecule has 21 heavy (non-hydrogen) atoms. The van der Waals surface area contributed by atoms with Gasteiger partial charge in [0.1, 0.15) is 5.75 Å². The van der Waals surface area contributed by atoms with Crippen LogP contribution < -0.4 is 10.1 Å². The van der Waals surface area contributed by atoms with E-state index in [0.717, 1.165) is 31.0 Å². The van der Waals surface area contributed by atoms with Crippen molar-refractivity contribution in [3.63, 3.8) is 0 Å². The Hall–Kier alpha value is -1.81. The molecule has 2 aromatic rings. The number of nitrogens with one attached hydrogen (secondary N) is 1. The summed E-state index contributed by atoms with van der Waals surface area (Å²) in [4.78, 5) is 0. The molecule has 0 bridgehead atoms. The molecular formula is C17H25N3O. The minimum absolute atomic E-state index is 0.269. The highest BCUT2D eigenvalue weighted by Gasteiger charge is 2.09. The van der Waals surface area contributed by atoms with Crippen molar-refractivity contribution in [2.75, 3.05) is 7.11 Å². The molecule has 1 heterocycles. The summed E-state index contributed by atoms with van der Waals surface area (Å²) >= 11 is 0. The molecule has 0 amide bonds. The Bertz CT molecular complexity index is 577. The predicted octanol–water partition coefficient (Wildman–Crippen LogP) is 3.32. The van der Waals surface area contributed by atoms with Gasteiger partial charge in [0.15, 0.2) is 0 Å². The largest absolute Gasteiger partial charge is 0.497 e. The van der Waals surface area contributed by atoms with Crippen molar-refractivity contribution in [3.8, 4) is 5.75 Å². The van der Waals surface area contributed by atoms with Gasteiger partial charge in [0.05, 0.1) is 18.5 Å². The number of methoxy groups -OCH3 is 1. The minimum Gasteiger partial charge on any atom is -0.497 e. The van der Waals surface area contributed by atoms with Crippen LogP contribution in [0.2, 0.25) is 0 Å². The zero-order valence-electron chi connectivity index (χ0n) is 13.4. The Kier molecular flexibility index (Phi) is 5.39. The van der Waals surface area contributed by atoms with E-state index in [1.807, 2.05) is 12.1 Å². The molecular weight excluding hydrogens is 262 g/mol. The number of ether oxygens (including phenoxy) is 1. The topological polar surface area (TPSA) is 39.1 Å². The second-order valence-electron chi connectivity index (χ2n) is 5.18. The summed E-state index contributed by atoms with van der Waals surface area (Å²) in [6.07, 6.45) is 0.978. The fraction of sp³-hybridized carbons (Fsp3) is 0.471. The van der Waals surface area contributed by atoms with E-state index in [2.05, 4.69) is 54.1 Å². The number of aryl methyl sites for hydroxylation is 2. The molecule has 0 aliphatic rings. The van der Waals surface area contributed by atoms with Gasteiger partial charge >= 0.3 is 0 Å². The number of nitrogens with zero attached hydrogens (tertiary/aromatic N) is 2. The zero-order valence-corrected chi connectivity index (χ0v) is 13.4. The Morgan fingerprint density at radius 1 is 1.29 bits per heavy atom. The van der Waals surface area contributed by atoms with Crippen LogP contribution in [0, 0.1) is 0 Å². The van der Waals surface area contributed by atoms with Crippen LogP contribution in [-0.4, -0.2) is 16.9 Å². The molecule has 0 spiro atoms. The number of hydrogen-bond acceptors (Lipinski definition) is 3. The van der Waals surface area contributed by atoms with Crippen molar-refractivity contribution in [2.45, 2.75) is 46.3 Å². The van der Waals surface area contributed by atoms with Gasteiger partial charge in [-0.15, -0.1) is 0 Å². The molecule has 4 nitrogen and oxygen atoms in total. The Balaban J connectivity index is 2.03. The lowest BCUT2D eigenvalue weighted by Gasteiger charge is -2.15. The average molecular weight is 287 g/mol. The molecule has 114 valence electrons. The second-order valence-corrected chi connectivity index (χ2v) is 5.18. The Morgan fingerprint density at radius 3 is 2.76 bits per heavy atom. The van der Waals surface area contributed by atoms with Crippen molar-refractivity contribution in [2.24, 2.45) is 0 Å². The Morgan fingerprint density at radius 2 is 2.10 bits per heavy atom. The van der Waals surface area contributed by atoms with E-state index in [1.54, 1.807) is 7.11 Å². The van der Waals surface area contributed by atoms with Gasteiger partial charge in [0.2, 0.25) is 0 Å². The van der Waals surface area contributed by atoms with E-state index in [1.165, 1.54) is 11.3 Å². The molecule has 1 aromatic heterocycles. The third kappa shape index (κ3) is 3.85. The fourth-order valence-corrected chi connectivity index (χ4v) is 2.39. The summed E-state index contributed by atoms with van der Waals surface area (Å²) in [6, 6.07) is 10.6. The maximum absolute atomic E-state index is 5.28. The van der Waals surface area contributed by atoms with Crippen LogP contribution in [0.4, 0.5) is 0 Å². The van der Waals surface area contributed by atoms with Gasteiger partial charge < -0.3 is 10.1 Å². The minimum atomic E-state index is 0.269. The first-order chi connectivity index (χ1) is 10.2. The third-order valence-electron chi connectivity index (χ3n) is 3.76. The summed E-state index contributed by atoms with van der Waals surface area (Å²) in [7, 11) is 1.70. The van der Waals surface area contributed by atoms with Crippen LogP contribution >= 0.6 is 0 Å². The quantitative estimate of drug-likeness (QED) is 0.849. The molecule has 4 heteroatoms. The summed E-state index contributed by atoms with van der Waals surface area (Å²) in [5, 5.41) is 8.14. The highest BCUT2D eigenvalue weighted by atomic mass is 16.5. The highest BCUT2D eigenvalue weighted by molar-refractivity contribution is 5.30. The molecule has 0 aliphatic carbocycles. The Labute approximate surface area is 127 Å². The van der Waals surface area contributed by atoms with Gasteiger partial charge in [-0.2, -0.15) is 5.10 Å². The van der Waals surface area contributed by atoms with Crippen LogP contribution in [0.25, 0.3) is 0 Å². The van der Waals surface area contributed by atoms with Crippen LogP contribution in [-0.2, 0) is 19.5 Å². The summed E-state index contributed by atoms with van der Waals surface area (Å²) < 4.78 is 7.35. The summed E-state index contributed by atoms with van der Waals surface area (Å²) in [5.74, 6) is 0.896. The summed E-state index contributed by atoms with van der Waals surface area (Å²) in [6.45, 7) is 8.16. The third-order valence-corrected chi connectivity index (χ3v) is 3.76. The maximum atomic E-state index is 5.28. The lowest BCUT2D eigenvalue weighted by atomic mass is 10.1. The number of benzene rings is 1. The predicted molar refractivity (Wildman–Crippen MR) is 85.5 cm³/mol. The van der Waals surface area contributed by atoms with Crippen molar-refractivity contribution in [3.05, 3.63) is 47.3 Å². The van der Waals surface area contributed by atoms with Crippen molar-refractivity contribution >= 4 is 0 Å². The highest BCUT2D eigenvalue weighted by Crippen LogP contribution is 2.19. The molecule has 0 aliphatic heterocycles. The molecule has 0 unspecified atom stereocenters.